The van der Waals surface area contributed by atoms with Gasteiger partial charge in [-0.2, -0.15) is 0 Å². The van der Waals surface area contributed by atoms with Crippen molar-refractivity contribution in [3.63, 3.8) is 0 Å². The van der Waals surface area contributed by atoms with Gasteiger partial charge in [-0.1, -0.05) is 43.3 Å². The smallest absolute Gasteiger partial charge is 0.227 e. The molecule has 3 aromatic rings. The summed E-state index contributed by atoms with van der Waals surface area (Å²) in [6, 6.07) is 15.6. The Hall–Kier alpha value is -2.69. The molecule has 0 bridgehead atoms. The fraction of sp³-hybridized carbons (Fsp3) is 0.235. The minimum Gasteiger partial charge on any atom is -0.348 e. The van der Waals surface area contributed by atoms with E-state index in [9.17, 15) is 4.79 Å². The second-order valence-electron chi connectivity index (χ2n) is 5.13. The van der Waals surface area contributed by atoms with E-state index < -0.39 is 0 Å². The van der Waals surface area contributed by atoms with Crippen LogP contribution in [0.15, 0.2) is 54.7 Å². The maximum Gasteiger partial charge on any atom is 0.227 e. The first kappa shape index (κ1) is 14.3. The van der Waals surface area contributed by atoms with Crippen molar-refractivity contribution in [1.29, 1.82) is 0 Å². The first-order chi connectivity index (χ1) is 10.8. The second-order valence-corrected chi connectivity index (χ2v) is 5.13. The van der Waals surface area contributed by atoms with Gasteiger partial charge in [0.2, 0.25) is 5.91 Å². The summed E-state index contributed by atoms with van der Waals surface area (Å²) in [5.41, 5.74) is 1.82. The summed E-state index contributed by atoms with van der Waals surface area (Å²) in [6.07, 6.45) is 2.65. The maximum atomic E-state index is 12.4. The molecule has 0 aliphatic carbocycles. The van der Waals surface area contributed by atoms with E-state index in [4.69, 9.17) is 0 Å². The Labute approximate surface area is 129 Å². The van der Waals surface area contributed by atoms with E-state index in [-0.39, 0.29) is 11.8 Å². The van der Waals surface area contributed by atoms with Crippen molar-refractivity contribution in [2.24, 2.45) is 0 Å². The summed E-state index contributed by atoms with van der Waals surface area (Å²) in [6.45, 7) is 2.39. The van der Waals surface area contributed by atoms with Gasteiger partial charge in [0.15, 0.2) is 11.5 Å². The third kappa shape index (κ3) is 2.83. The standard InChI is InChI=1S/C17H18N4O/c1-2-14(13-8-4-3-5-9-13)17(22)18-12-16-20-19-15-10-6-7-11-21(15)16/h3-11,14H,2,12H2,1H3,(H,18,22). The molecular weight excluding hydrogens is 276 g/mol. The van der Waals surface area contributed by atoms with Crippen LogP contribution in [0.1, 0.15) is 30.7 Å². The van der Waals surface area contributed by atoms with Crippen LogP contribution in [-0.4, -0.2) is 20.5 Å². The first-order valence-corrected chi connectivity index (χ1v) is 7.41. The van der Waals surface area contributed by atoms with Crippen molar-refractivity contribution in [3.05, 3.63) is 66.1 Å². The normalized spacial score (nSPS) is 12.2. The summed E-state index contributed by atoms with van der Waals surface area (Å²) < 4.78 is 1.88. The van der Waals surface area contributed by atoms with Crippen molar-refractivity contribution < 1.29 is 4.79 Å². The molecular formula is C17H18N4O. The van der Waals surface area contributed by atoms with Gasteiger partial charge < -0.3 is 5.32 Å². The monoisotopic (exact) mass is 294 g/mol. The SMILES string of the molecule is CCC(C(=O)NCc1nnc2ccccn12)c1ccccc1. The predicted octanol–water partition coefficient (Wildman–Crippen LogP) is 2.54. The van der Waals surface area contributed by atoms with Crippen LogP contribution < -0.4 is 5.32 Å². The number of amides is 1. The molecule has 0 fully saturated rings. The van der Waals surface area contributed by atoms with Crippen molar-refractivity contribution in [1.82, 2.24) is 19.9 Å². The highest BCUT2D eigenvalue weighted by atomic mass is 16.1. The van der Waals surface area contributed by atoms with E-state index in [0.29, 0.717) is 6.54 Å². The Bertz CT molecular complexity index is 766. The number of fused-ring (bicyclic) bond motifs is 1. The van der Waals surface area contributed by atoms with Crippen LogP contribution in [0.25, 0.3) is 5.65 Å². The highest BCUT2D eigenvalue weighted by Gasteiger charge is 2.18. The van der Waals surface area contributed by atoms with Crippen LogP contribution in [-0.2, 0) is 11.3 Å². The van der Waals surface area contributed by atoms with Crippen molar-refractivity contribution in [2.45, 2.75) is 25.8 Å². The number of rotatable bonds is 5. The Balaban J connectivity index is 1.71. The molecule has 0 spiro atoms. The molecule has 0 aliphatic rings. The topological polar surface area (TPSA) is 59.3 Å². The molecule has 112 valence electrons. The minimum absolute atomic E-state index is 0.0152. The lowest BCUT2D eigenvalue weighted by Crippen LogP contribution is -2.29. The van der Waals surface area contributed by atoms with E-state index in [1.165, 1.54) is 0 Å². The van der Waals surface area contributed by atoms with E-state index in [1.54, 1.807) is 0 Å². The second kappa shape index (κ2) is 6.39. The molecule has 1 aromatic carbocycles. The highest BCUT2D eigenvalue weighted by molar-refractivity contribution is 5.83. The van der Waals surface area contributed by atoms with Crippen LogP contribution in [0.4, 0.5) is 0 Å². The Morgan fingerprint density at radius 1 is 1.14 bits per heavy atom. The molecule has 1 atom stereocenters. The number of carbonyl (C=O) groups is 1. The lowest BCUT2D eigenvalue weighted by molar-refractivity contribution is -0.122. The average molecular weight is 294 g/mol. The van der Waals surface area contributed by atoms with Crippen LogP contribution in [0, 0.1) is 0 Å². The van der Waals surface area contributed by atoms with Gasteiger partial charge >= 0.3 is 0 Å². The third-order valence-corrected chi connectivity index (χ3v) is 3.73. The number of nitrogens with one attached hydrogen (secondary N) is 1. The highest BCUT2D eigenvalue weighted by Crippen LogP contribution is 2.19. The predicted molar refractivity (Wildman–Crippen MR) is 84.3 cm³/mol. The van der Waals surface area contributed by atoms with Crippen LogP contribution >= 0.6 is 0 Å². The van der Waals surface area contributed by atoms with Crippen molar-refractivity contribution >= 4 is 11.6 Å². The van der Waals surface area contributed by atoms with E-state index in [0.717, 1.165) is 23.5 Å². The number of hydrogen-bond acceptors (Lipinski definition) is 3. The van der Waals surface area contributed by atoms with Crippen LogP contribution in [0.5, 0.6) is 0 Å². The summed E-state index contributed by atoms with van der Waals surface area (Å²) >= 11 is 0. The maximum absolute atomic E-state index is 12.4. The van der Waals surface area contributed by atoms with Gasteiger partial charge in [0.1, 0.15) is 0 Å². The third-order valence-electron chi connectivity index (χ3n) is 3.73. The van der Waals surface area contributed by atoms with E-state index >= 15 is 0 Å². The molecule has 3 rings (SSSR count). The zero-order chi connectivity index (χ0) is 15.4. The van der Waals surface area contributed by atoms with Crippen molar-refractivity contribution in [2.75, 3.05) is 0 Å². The van der Waals surface area contributed by atoms with Gasteiger partial charge in [0.05, 0.1) is 12.5 Å². The van der Waals surface area contributed by atoms with Crippen molar-refractivity contribution in [3.8, 4) is 0 Å². The molecule has 22 heavy (non-hydrogen) atoms. The van der Waals surface area contributed by atoms with Gasteiger partial charge in [-0.25, -0.2) is 0 Å². The van der Waals surface area contributed by atoms with Gasteiger partial charge in [-0.05, 0) is 24.1 Å². The molecule has 0 radical (unpaired) electrons. The lowest BCUT2D eigenvalue weighted by atomic mass is 9.96. The Kier molecular flexibility index (Phi) is 4.14. The van der Waals surface area contributed by atoms with E-state index in [2.05, 4.69) is 15.5 Å². The molecule has 1 unspecified atom stereocenters. The number of carbonyl (C=O) groups excluding carboxylic acids is 1. The number of hydrogen-bond donors (Lipinski definition) is 1. The number of aromatic nitrogens is 3. The zero-order valence-corrected chi connectivity index (χ0v) is 12.4. The largest absolute Gasteiger partial charge is 0.348 e. The first-order valence-electron chi connectivity index (χ1n) is 7.41. The van der Waals surface area contributed by atoms with Gasteiger partial charge in [-0.3, -0.25) is 9.20 Å². The summed E-state index contributed by atoms with van der Waals surface area (Å²) in [4.78, 5) is 12.4. The molecule has 0 aliphatic heterocycles. The molecule has 1 N–H and O–H groups in total. The van der Waals surface area contributed by atoms with Crippen LogP contribution in [0.3, 0.4) is 0 Å². The van der Waals surface area contributed by atoms with Gasteiger partial charge in [-0.15, -0.1) is 10.2 Å². The van der Waals surface area contributed by atoms with Crippen LogP contribution in [0.2, 0.25) is 0 Å². The summed E-state index contributed by atoms with van der Waals surface area (Å²) in [7, 11) is 0. The fourth-order valence-corrected chi connectivity index (χ4v) is 2.56. The zero-order valence-electron chi connectivity index (χ0n) is 12.4. The molecule has 5 heteroatoms. The van der Waals surface area contributed by atoms with E-state index in [1.807, 2.05) is 66.1 Å². The minimum atomic E-state index is -0.139. The quantitative estimate of drug-likeness (QED) is 0.786. The molecule has 0 saturated heterocycles. The Morgan fingerprint density at radius 3 is 2.68 bits per heavy atom. The molecule has 1 amide bonds. The number of pyridine rings is 1. The summed E-state index contributed by atoms with van der Waals surface area (Å²) in [5, 5.41) is 11.2. The van der Waals surface area contributed by atoms with Gasteiger partial charge in [0, 0.05) is 6.20 Å². The Morgan fingerprint density at radius 2 is 1.91 bits per heavy atom. The molecule has 5 nitrogen and oxygen atoms in total. The molecule has 2 heterocycles. The molecule has 2 aromatic heterocycles. The van der Waals surface area contributed by atoms with Gasteiger partial charge in [0.25, 0.3) is 0 Å². The average Bonchev–Trinajstić information content (AvgIpc) is 2.98. The fourth-order valence-electron chi connectivity index (χ4n) is 2.56. The number of nitrogens with zero attached hydrogens (tertiary/aromatic N) is 3. The molecule has 0 saturated carbocycles. The number of benzene rings is 1. The summed E-state index contributed by atoms with van der Waals surface area (Å²) in [5.74, 6) is 0.605. The lowest BCUT2D eigenvalue weighted by Gasteiger charge is -2.15.